The van der Waals surface area contributed by atoms with Gasteiger partial charge in [-0.3, -0.25) is 9.59 Å². The minimum atomic E-state index is -3.94. The zero-order chi connectivity index (χ0) is 25.2. The number of nitrogens with zero attached hydrogens (tertiary/aromatic N) is 4. The van der Waals surface area contributed by atoms with E-state index in [1.807, 2.05) is 12.1 Å². The van der Waals surface area contributed by atoms with Crippen molar-refractivity contribution in [3.63, 3.8) is 0 Å². The van der Waals surface area contributed by atoms with Crippen molar-refractivity contribution in [2.75, 3.05) is 38.3 Å². The first kappa shape index (κ1) is 24.8. The Morgan fingerprint density at radius 1 is 1.20 bits per heavy atom. The number of hydrogen-bond acceptors (Lipinski definition) is 8. The van der Waals surface area contributed by atoms with Gasteiger partial charge in [0.05, 0.1) is 17.0 Å². The number of carbonyl (C=O) groups is 2. The Morgan fingerprint density at radius 3 is 2.74 bits per heavy atom. The van der Waals surface area contributed by atoms with Gasteiger partial charge in [-0.15, -0.1) is 0 Å². The molecule has 4 rings (SSSR count). The summed E-state index contributed by atoms with van der Waals surface area (Å²) in [6, 6.07) is 10.3. The molecular formula is C23H24ClN5O5S. The number of halogens is 1. The molecule has 1 aliphatic heterocycles. The Balaban J connectivity index is 1.50. The third-order valence-electron chi connectivity index (χ3n) is 5.80. The molecule has 0 aliphatic carbocycles. The lowest BCUT2D eigenvalue weighted by molar-refractivity contribution is -0.153. The van der Waals surface area contributed by atoms with Crippen LogP contribution in [0.15, 0.2) is 53.7 Å². The Bertz CT molecular complexity index is 1380. The van der Waals surface area contributed by atoms with Gasteiger partial charge >= 0.3 is 0 Å². The van der Waals surface area contributed by atoms with E-state index in [9.17, 15) is 18.0 Å². The lowest BCUT2D eigenvalue weighted by atomic mass is 10.1. The summed E-state index contributed by atoms with van der Waals surface area (Å²) in [5.74, 6) is -1.39. The maximum absolute atomic E-state index is 13.3. The third kappa shape index (κ3) is 5.37. The number of fused-ring (bicyclic) bond motifs is 1. The first-order valence-corrected chi connectivity index (χ1v) is 12.8. The van der Waals surface area contributed by atoms with Crippen LogP contribution in [0, 0.1) is 0 Å². The predicted octanol–water partition coefficient (Wildman–Crippen LogP) is 1.53. The Labute approximate surface area is 207 Å². The van der Waals surface area contributed by atoms with Gasteiger partial charge in [0.1, 0.15) is 23.9 Å². The van der Waals surface area contributed by atoms with E-state index < -0.39 is 27.5 Å². The molecule has 2 aromatic carbocycles. The highest BCUT2D eigenvalue weighted by Crippen LogP contribution is 2.22. The van der Waals surface area contributed by atoms with Gasteiger partial charge in [-0.05, 0) is 35.9 Å². The summed E-state index contributed by atoms with van der Waals surface area (Å²) in [5, 5.41) is 0.971. The molecule has 0 bridgehead atoms. The number of methoxy groups -OCH3 is 1. The number of aromatic nitrogens is 2. The van der Waals surface area contributed by atoms with Crippen molar-refractivity contribution in [3.05, 3.63) is 59.4 Å². The smallest absolute Gasteiger partial charge is 0.248 e. The zero-order valence-electron chi connectivity index (χ0n) is 18.9. The molecule has 1 saturated heterocycles. The van der Waals surface area contributed by atoms with E-state index in [0.717, 1.165) is 10.9 Å². The van der Waals surface area contributed by atoms with Gasteiger partial charge in [0.15, 0.2) is 9.84 Å². The molecule has 12 heteroatoms. The van der Waals surface area contributed by atoms with E-state index in [1.54, 1.807) is 17.0 Å². The van der Waals surface area contributed by atoms with Crippen molar-refractivity contribution in [1.29, 1.82) is 0 Å². The van der Waals surface area contributed by atoms with Gasteiger partial charge in [-0.2, -0.15) is 0 Å². The normalized spacial score (nSPS) is 16.6. The highest BCUT2D eigenvalue weighted by Gasteiger charge is 2.38. The number of piperazine rings is 1. The second-order valence-corrected chi connectivity index (χ2v) is 10.6. The Hall–Kier alpha value is -3.28. The fraction of sp³-hybridized carbons (Fsp3) is 0.304. The van der Waals surface area contributed by atoms with E-state index >= 15 is 0 Å². The summed E-state index contributed by atoms with van der Waals surface area (Å²) in [7, 11) is -2.52. The van der Waals surface area contributed by atoms with Gasteiger partial charge in [0.25, 0.3) is 0 Å². The number of hydrogen-bond donors (Lipinski definition) is 1. The molecule has 184 valence electrons. The van der Waals surface area contributed by atoms with Crippen LogP contribution in [0.4, 0.5) is 5.82 Å². The van der Waals surface area contributed by atoms with Crippen molar-refractivity contribution < 1.29 is 22.7 Å². The molecule has 1 fully saturated rings. The summed E-state index contributed by atoms with van der Waals surface area (Å²) >= 11 is 5.90. The van der Waals surface area contributed by atoms with Crippen LogP contribution in [-0.4, -0.2) is 78.6 Å². The number of anilines is 1. The maximum atomic E-state index is 13.3. The summed E-state index contributed by atoms with van der Waals surface area (Å²) < 4.78 is 30.7. The maximum Gasteiger partial charge on any atom is 0.248 e. The van der Waals surface area contributed by atoms with E-state index in [-0.39, 0.29) is 35.5 Å². The molecule has 1 aliphatic rings. The van der Waals surface area contributed by atoms with Gasteiger partial charge in [-0.25, -0.2) is 18.4 Å². The van der Waals surface area contributed by atoms with Gasteiger partial charge < -0.3 is 20.3 Å². The standard InChI is InChI=1S/C23H24ClN5O5S/c1-34-12-20-23(31)28(11-15-5-6-18-19(9-15)26-14-27-22(18)25)7-8-29(20)21(30)13-35(32,33)17-4-2-3-16(24)10-17/h2-6,9-10,14,20H,7-8,11-13H2,1H3,(H2,25,26,27)/t20-/m0/s1. The summed E-state index contributed by atoms with van der Waals surface area (Å²) in [4.78, 5) is 37.3. The topological polar surface area (TPSA) is 136 Å². The summed E-state index contributed by atoms with van der Waals surface area (Å²) in [5.41, 5.74) is 7.38. The van der Waals surface area contributed by atoms with Gasteiger partial charge in [0.2, 0.25) is 11.8 Å². The molecule has 1 atom stereocenters. The minimum absolute atomic E-state index is 0.0487. The van der Waals surface area contributed by atoms with Crippen molar-refractivity contribution in [3.8, 4) is 0 Å². The third-order valence-corrected chi connectivity index (χ3v) is 7.64. The molecule has 0 saturated carbocycles. The van der Waals surface area contributed by atoms with Crippen LogP contribution in [0.25, 0.3) is 10.9 Å². The van der Waals surface area contributed by atoms with Gasteiger partial charge in [-0.1, -0.05) is 23.7 Å². The second kappa shape index (κ2) is 10.1. The second-order valence-electron chi connectivity index (χ2n) is 8.14. The van der Waals surface area contributed by atoms with Crippen LogP contribution in [0.5, 0.6) is 0 Å². The lowest BCUT2D eigenvalue weighted by Crippen LogP contribution is -2.60. The van der Waals surface area contributed by atoms with E-state index in [4.69, 9.17) is 22.1 Å². The molecule has 3 aromatic rings. The fourth-order valence-electron chi connectivity index (χ4n) is 4.04. The summed E-state index contributed by atoms with van der Waals surface area (Å²) in [6.45, 7) is 0.653. The quantitative estimate of drug-likeness (QED) is 0.498. The minimum Gasteiger partial charge on any atom is -0.383 e. The molecule has 2 N–H and O–H groups in total. The fourth-order valence-corrected chi connectivity index (χ4v) is 5.55. The van der Waals surface area contributed by atoms with Crippen molar-refractivity contribution in [2.24, 2.45) is 0 Å². The average molecular weight is 518 g/mol. The first-order chi connectivity index (χ1) is 16.7. The van der Waals surface area contributed by atoms with Crippen LogP contribution in [0.3, 0.4) is 0 Å². The van der Waals surface area contributed by atoms with Crippen molar-refractivity contribution >= 4 is 50.0 Å². The molecule has 35 heavy (non-hydrogen) atoms. The SMILES string of the molecule is COC[C@H]1C(=O)N(Cc2ccc3c(N)ncnc3c2)CCN1C(=O)CS(=O)(=O)c1cccc(Cl)c1. The number of nitrogens with two attached hydrogens (primary N) is 1. The molecule has 10 nitrogen and oxygen atoms in total. The number of benzene rings is 2. The van der Waals surface area contributed by atoms with Crippen LogP contribution in [0.1, 0.15) is 5.56 Å². The van der Waals surface area contributed by atoms with E-state index in [0.29, 0.717) is 17.9 Å². The predicted molar refractivity (Wildman–Crippen MR) is 130 cm³/mol. The van der Waals surface area contributed by atoms with E-state index in [2.05, 4.69) is 9.97 Å². The molecule has 0 spiro atoms. The number of amides is 2. The molecule has 2 heterocycles. The first-order valence-electron chi connectivity index (χ1n) is 10.7. The molecule has 0 radical (unpaired) electrons. The van der Waals surface area contributed by atoms with Crippen LogP contribution in [-0.2, 0) is 30.7 Å². The van der Waals surface area contributed by atoms with Crippen LogP contribution in [0.2, 0.25) is 5.02 Å². The molecular weight excluding hydrogens is 494 g/mol. The number of ether oxygens (including phenoxy) is 1. The molecule has 0 unspecified atom stereocenters. The number of nitrogen functional groups attached to an aromatic ring is 1. The average Bonchev–Trinajstić information content (AvgIpc) is 2.81. The number of sulfone groups is 1. The Kier molecular flexibility index (Phi) is 7.20. The van der Waals surface area contributed by atoms with E-state index in [1.165, 1.54) is 36.5 Å². The Morgan fingerprint density at radius 2 is 2.00 bits per heavy atom. The number of carbonyl (C=O) groups excluding carboxylic acids is 2. The highest BCUT2D eigenvalue weighted by atomic mass is 35.5. The number of rotatable bonds is 7. The summed E-state index contributed by atoms with van der Waals surface area (Å²) in [6.07, 6.45) is 1.38. The van der Waals surface area contributed by atoms with Crippen molar-refractivity contribution in [2.45, 2.75) is 17.5 Å². The molecule has 1 aromatic heterocycles. The molecule has 2 amide bonds. The van der Waals surface area contributed by atoms with Crippen molar-refractivity contribution in [1.82, 2.24) is 19.8 Å². The lowest BCUT2D eigenvalue weighted by Gasteiger charge is -2.40. The highest BCUT2D eigenvalue weighted by molar-refractivity contribution is 7.92. The largest absolute Gasteiger partial charge is 0.383 e. The zero-order valence-corrected chi connectivity index (χ0v) is 20.5. The van der Waals surface area contributed by atoms with Gasteiger partial charge in [0, 0.05) is 37.2 Å². The van der Waals surface area contributed by atoms with Crippen LogP contribution >= 0.6 is 11.6 Å². The monoisotopic (exact) mass is 517 g/mol. The van der Waals surface area contributed by atoms with Crippen LogP contribution < -0.4 is 5.73 Å².